The van der Waals surface area contributed by atoms with Gasteiger partial charge in [-0.15, -0.1) is 0 Å². The average Bonchev–Trinajstić information content (AvgIpc) is 2.74. The van der Waals surface area contributed by atoms with Gasteiger partial charge < -0.3 is 26.0 Å². The molecule has 5 N–H and O–H groups in total. The number of aromatic nitrogens is 2. The fourth-order valence-corrected chi connectivity index (χ4v) is 3.65. The second-order valence-electron chi connectivity index (χ2n) is 7.32. The van der Waals surface area contributed by atoms with Crippen LogP contribution in [0.3, 0.4) is 0 Å². The molecule has 1 aliphatic rings. The van der Waals surface area contributed by atoms with Crippen LogP contribution in [0, 0.1) is 0 Å². The van der Waals surface area contributed by atoms with Crippen LogP contribution in [0.15, 0.2) is 29.1 Å². The van der Waals surface area contributed by atoms with Gasteiger partial charge in [-0.2, -0.15) is 4.98 Å². The first-order valence-corrected chi connectivity index (χ1v) is 9.94. The number of aryl methyl sites for hydroxylation is 1. The number of carbonyl (C=O) groups excluding carboxylic acids is 3. The van der Waals surface area contributed by atoms with Crippen molar-refractivity contribution in [2.45, 2.75) is 44.1 Å². The number of anilines is 2. The molecule has 1 aliphatic heterocycles. The van der Waals surface area contributed by atoms with E-state index in [4.69, 9.17) is 5.73 Å². The van der Waals surface area contributed by atoms with Crippen LogP contribution in [-0.2, 0) is 16.0 Å². The molecule has 1 aromatic heterocycles. The standard InChI is InChI=1S/C21H25N5O4/c22-21-25-18-17(20(30)26-21)14(9-10-23-18)6-3-13-4-7-15(8-5-13)19(29)24-16(12-28)2-1-11-27/h4-5,7-8,11-12,14,16H,1-3,6,9-10H2,(H,24,29)(H4,22,23,25,26,30). The fraction of sp³-hybridized carbons (Fsp3) is 0.381. The van der Waals surface area contributed by atoms with Gasteiger partial charge in [-0.25, -0.2) is 0 Å². The van der Waals surface area contributed by atoms with Crippen LogP contribution in [-0.4, -0.2) is 41.0 Å². The highest BCUT2D eigenvalue weighted by Crippen LogP contribution is 2.31. The maximum absolute atomic E-state index is 12.3. The first-order chi connectivity index (χ1) is 14.5. The molecule has 0 fully saturated rings. The molecule has 0 saturated heterocycles. The molecule has 1 amide bonds. The van der Waals surface area contributed by atoms with Crippen molar-refractivity contribution in [3.8, 4) is 0 Å². The third kappa shape index (κ3) is 5.11. The quantitative estimate of drug-likeness (QED) is 0.453. The Morgan fingerprint density at radius 1 is 1.30 bits per heavy atom. The van der Waals surface area contributed by atoms with Crippen LogP contribution in [0.2, 0.25) is 0 Å². The van der Waals surface area contributed by atoms with Gasteiger partial charge in [0.05, 0.1) is 11.6 Å². The molecule has 9 nitrogen and oxygen atoms in total. The predicted octanol–water partition coefficient (Wildman–Crippen LogP) is 1.16. The zero-order valence-electron chi connectivity index (χ0n) is 16.5. The lowest BCUT2D eigenvalue weighted by Crippen LogP contribution is -2.36. The van der Waals surface area contributed by atoms with Gasteiger partial charge in [-0.05, 0) is 49.3 Å². The molecular weight excluding hydrogens is 386 g/mol. The number of nitrogens with zero attached hydrogens (tertiary/aromatic N) is 1. The number of H-pyrrole nitrogens is 1. The number of aldehydes is 2. The van der Waals surface area contributed by atoms with E-state index in [2.05, 4.69) is 20.6 Å². The van der Waals surface area contributed by atoms with E-state index in [-0.39, 0.29) is 36.2 Å². The number of hydrogen-bond donors (Lipinski definition) is 4. The van der Waals surface area contributed by atoms with Gasteiger partial charge in [0, 0.05) is 18.5 Å². The van der Waals surface area contributed by atoms with Crippen molar-refractivity contribution in [1.29, 1.82) is 0 Å². The first-order valence-electron chi connectivity index (χ1n) is 9.94. The average molecular weight is 411 g/mol. The molecule has 0 bridgehead atoms. The minimum atomic E-state index is -0.678. The van der Waals surface area contributed by atoms with Crippen molar-refractivity contribution in [3.63, 3.8) is 0 Å². The number of amides is 1. The number of benzene rings is 1. The Balaban J connectivity index is 1.61. The number of nitrogens with one attached hydrogen (secondary N) is 3. The van der Waals surface area contributed by atoms with Crippen LogP contribution in [0.1, 0.15) is 53.1 Å². The third-order valence-corrected chi connectivity index (χ3v) is 5.24. The van der Waals surface area contributed by atoms with E-state index in [9.17, 15) is 19.2 Å². The van der Waals surface area contributed by atoms with E-state index in [1.54, 1.807) is 12.1 Å². The normalized spacial score (nSPS) is 16.1. The lowest BCUT2D eigenvalue weighted by atomic mass is 9.88. The molecule has 158 valence electrons. The lowest BCUT2D eigenvalue weighted by Gasteiger charge is -2.25. The summed E-state index contributed by atoms with van der Waals surface area (Å²) in [6.07, 6.45) is 4.20. The summed E-state index contributed by atoms with van der Waals surface area (Å²) in [4.78, 5) is 52.8. The summed E-state index contributed by atoms with van der Waals surface area (Å²) in [6.45, 7) is 0.731. The highest BCUT2D eigenvalue weighted by molar-refractivity contribution is 5.95. The molecule has 0 saturated carbocycles. The summed E-state index contributed by atoms with van der Waals surface area (Å²) in [5.74, 6) is 0.377. The number of hydrogen-bond acceptors (Lipinski definition) is 7. The van der Waals surface area contributed by atoms with E-state index in [0.717, 1.165) is 37.7 Å². The van der Waals surface area contributed by atoms with Gasteiger partial charge in [0.1, 0.15) is 18.4 Å². The van der Waals surface area contributed by atoms with Crippen LogP contribution < -0.4 is 21.9 Å². The smallest absolute Gasteiger partial charge is 0.257 e. The lowest BCUT2D eigenvalue weighted by molar-refractivity contribution is -0.110. The van der Waals surface area contributed by atoms with Gasteiger partial charge in [0.15, 0.2) is 0 Å². The van der Waals surface area contributed by atoms with Crippen LogP contribution in [0.4, 0.5) is 11.8 Å². The molecule has 30 heavy (non-hydrogen) atoms. The zero-order chi connectivity index (χ0) is 21.5. The Morgan fingerprint density at radius 2 is 2.07 bits per heavy atom. The summed E-state index contributed by atoms with van der Waals surface area (Å²) < 4.78 is 0. The highest BCUT2D eigenvalue weighted by atomic mass is 16.2. The Kier molecular flexibility index (Phi) is 6.95. The van der Waals surface area contributed by atoms with E-state index in [0.29, 0.717) is 23.2 Å². The van der Waals surface area contributed by atoms with Crippen LogP contribution in [0.25, 0.3) is 0 Å². The van der Waals surface area contributed by atoms with Crippen molar-refractivity contribution in [2.24, 2.45) is 0 Å². The highest BCUT2D eigenvalue weighted by Gasteiger charge is 2.24. The summed E-state index contributed by atoms with van der Waals surface area (Å²) in [5.41, 5.74) is 7.54. The van der Waals surface area contributed by atoms with Crippen molar-refractivity contribution >= 4 is 30.2 Å². The topological polar surface area (TPSA) is 147 Å². The maximum atomic E-state index is 12.3. The number of nitrogen functional groups attached to an aromatic ring is 1. The third-order valence-electron chi connectivity index (χ3n) is 5.24. The second-order valence-corrected chi connectivity index (χ2v) is 7.32. The van der Waals surface area contributed by atoms with Crippen molar-refractivity contribution in [3.05, 3.63) is 51.3 Å². The van der Waals surface area contributed by atoms with Crippen LogP contribution >= 0.6 is 0 Å². The summed E-state index contributed by atoms with van der Waals surface area (Å²) in [7, 11) is 0. The number of fused-ring (bicyclic) bond motifs is 1. The van der Waals surface area contributed by atoms with Crippen LogP contribution in [0.5, 0.6) is 0 Å². The number of aromatic amines is 1. The van der Waals surface area contributed by atoms with Gasteiger partial charge in [-0.3, -0.25) is 14.6 Å². The second kappa shape index (κ2) is 9.82. The molecule has 2 aromatic rings. The molecule has 2 unspecified atom stereocenters. The molecule has 0 radical (unpaired) electrons. The minimum Gasteiger partial charge on any atom is -0.370 e. The van der Waals surface area contributed by atoms with Gasteiger partial charge in [0.2, 0.25) is 5.95 Å². The Labute approximate surface area is 173 Å². The number of rotatable bonds is 9. The minimum absolute atomic E-state index is 0.0762. The molecule has 0 spiro atoms. The molecule has 3 rings (SSSR count). The Hall–Kier alpha value is -3.49. The molecule has 1 aromatic carbocycles. The molecule has 2 heterocycles. The van der Waals surface area contributed by atoms with E-state index in [1.807, 2.05) is 12.1 Å². The van der Waals surface area contributed by atoms with Crippen molar-refractivity contribution in [1.82, 2.24) is 15.3 Å². The van der Waals surface area contributed by atoms with E-state index >= 15 is 0 Å². The van der Waals surface area contributed by atoms with E-state index in [1.165, 1.54) is 0 Å². The zero-order valence-corrected chi connectivity index (χ0v) is 16.5. The first kappa shape index (κ1) is 21.2. The fourth-order valence-electron chi connectivity index (χ4n) is 3.65. The van der Waals surface area contributed by atoms with Gasteiger partial charge >= 0.3 is 0 Å². The summed E-state index contributed by atoms with van der Waals surface area (Å²) in [5, 5.41) is 5.74. The van der Waals surface area contributed by atoms with E-state index < -0.39 is 6.04 Å². The largest absolute Gasteiger partial charge is 0.370 e. The molecular formula is C21H25N5O4. The summed E-state index contributed by atoms with van der Waals surface area (Å²) in [6, 6.07) is 6.46. The molecule has 9 heteroatoms. The van der Waals surface area contributed by atoms with Crippen molar-refractivity contribution in [2.75, 3.05) is 17.6 Å². The van der Waals surface area contributed by atoms with Crippen molar-refractivity contribution < 1.29 is 14.4 Å². The number of nitrogens with two attached hydrogens (primary N) is 1. The Bertz CT molecular complexity index is 970. The molecule has 0 aliphatic carbocycles. The van der Waals surface area contributed by atoms with Gasteiger partial charge in [0.25, 0.3) is 11.5 Å². The predicted molar refractivity (Wildman–Crippen MR) is 112 cm³/mol. The summed E-state index contributed by atoms with van der Waals surface area (Å²) >= 11 is 0. The monoisotopic (exact) mass is 411 g/mol. The maximum Gasteiger partial charge on any atom is 0.257 e. The Morgan fingerprint density at radius 3 is 2.77 bits per heavy atom. The number of carbonyl (C=O) groups is 3. The molecule has 2 atom stereocenters. The van der Waals surface area contributed by atoms with Gasteiger partial charge in [-0.1, -0.05) is 12.1 Å². The SMILES string of the molecule is Nc1nc2c(c(=O)[nH]1)C(CCc1ccc(C(=O)NC(C=O)CCC=O)cc1)CCN2.